The van der Waals surface area contributed by atoms with Gasteiger partial charge in [0.15, 0.2) is 0 Å². The van der Waals surface area contributed by atoms with Crippen LogP contribution in [0.15, 0.2) is 47.4 Å². The molecule has 0 radical (unpaired) electrons. The largest absolute Gasteiger partial charge is 0.495 e. The molecule has 0 spiro atoms. The van der Waals surface area contributed by atoms with Crippen LogP contribution >= 0.6 is 11.6 Å². The van der Waals surface area contributed by atoms with E-state index in [1.54, 1.807) is 12.1 Å². The number of sulfonamides is 2. The molecule has 0 atom stereocenters. The van der Waals surface area contributed by atoms with Crippen molar-refractivity contribution < 1.29 is 31.1 Å². The van der Waals surface area contributed by atoms with Crippen molar-refractivity contribution in [1.29, 1.82) is 0 Å². The highest BCUT2D eigenvalue weighted by molar-refractivity contribution is 7.92. The molecule has 0 bridgehead atoms. The fraction of sp³-hybridized carbons (Fsp3) is 0.350. The lowest BCUT2D eigenvalue weighted by atomic mass is 10.3. The molecule has 2 aromatic rings. The first kappa shape index (κ1) is 25.2. The molecule has 1 aliphatic rings. The summed E-state index contributed by atoms with van der Waals surface area (Å²) in [5.41, 5.74) is 0.521. The summed E-state index contributed by atoms with van der Waals surface area (Å²) in [5.74, 6) is -0.175. The van der Waals surface area contributed by atoms with Crippen molar-refractivity contribution in [3.63, 3.8) is 0 Å². The Bertz CT molecular complexity index is 1210. The van der Waals surface area contributed by atoms with Gasteiger partial charge in [0.1, 0.15) is 12.3 Å². The topological polar surface area (TPSA) is 122 Å². The van der Waals surface area contributed by atoms with Crippen LogP contribution in [0.1, 0.15) is 0 Å². The summed E-state index contributed by atoms with van der Waals surface area (Å²) in [6, 6.07) is 9.96. The number of benzene rings is 2. The summed E-state index contributed by atoms with van der Waals surface area (Å²) in [4.78, 5) is 12.6. The van der Waals surface area contributed by atoms with Gasteiger partial charge in [-0.3, -0.25) is 9.10 Å². The average Bonchev–Trinajstić information content (AvgIpc) is 2.77. The van der Waals surface area contributed by atoms with E-state index in [0.717, 1.165) is 10.6 Å². The van der Waals surface area contributed by atoms with Crippen molar-refractivity contribution in [2.24, 2.45) is 0 Å². The summed E-state index contributed by atoms with van der Waals surface area (Å²) in [5, 5.41) is 2.87. The molecule has 0 saturated carbocycles. The maximum Gasteiger partial charge on any atom is 0.245 e. The minimum Gasteiger partial charge on any atom is -0.495 e. The molecule has 180 valence electrons. The Labute approximate surface area is 198 Å². The molecule has 1 saturated heterocycles. The number of hydrogen-bond acceptors (Lipinski definition) is 7. The second-order valence-electron chi connectivity index (χ2n) is 7.18. The third-order valence-corrected chi connectivity index (χ3v) is 8.20. The van der Waals surface area contributed by atoms with Gasteiger partial charge >= 0.3 is 0 Å². The smallest absolute Gasteiger partial charge is 0.245 e. The van der Waals surface area contributed by atoms with Gasteiger partial charge in [-0.25, -0.2) is 16.8 Å². The maximum absolute atomic E-state index is 12.8. The van der Waals surface area contributed by atoms with Crippen LogP contribution in [-0.4, -0.2) is 73.3 Å². The van der Waals surface area contributed by atoms with Crippen molar-refractivity contribution in [3.05, 3.63) is 47.5 Å². The molecular weight excluding hydrogens is 494 g/mol. The minimum absolute atomic E-state index is 0.0268. The van der Waals surface area contributed by atoms with Crippen molar-refractivity contribution in [2.75, 3.05) is 55.8 Å². The number of nitrogens with one attached hydrogen (secondary N) is 1. The maximum atomic E-state index is 12.8. The van der Waals surface area contributed by atoms with E-state index in [4.69, 9.17) is 21.1 Å². The van der Waals surface area contributed by atoms with Crippen LogP contribution in [0, 0.1) is 0 Å². The Balaban J connectivity index is 1.77. The zero-order chi connectivity index (χ0) is 24.2. The van der Waals surface area contributed by atoms with Gasteiger partial charge in [0.05, 0.1) is 42.2 Å². The number of carbonyl (C=O) groups excluding carboxylic acids is 1. The Hall–Kier alpha value is -2.38. The van der Waals surface area contributed by atoms with Gasteiger partial charge in [-0.1, -0.05) is 11.6 Å². The number of hydrogen-bond donors (Lipinski definition) is 1. The second kappa shape index (κ2) is 10.3. The number of nitrogens with zero attached hydrogens (tertiary/aromatic N) is 2. The summed E-state index contributed by atoms with van der Waals surface area (Å²) in [6.07, 6.45) is 0.961. The van der Waals surface area contributed by atoms with Gasteiger partial charge in [0.25, 0.3) is 0 Å². The lowest BCUT2D eigenvalue weighted by molar-refractivity contribution is -0.114. The van der Waals surface area contributed by atoms with Gasteiger partial charge in [0.2, 0.25) is 26.0 Å². The quantitative estimate of drug-likeness (QED) is 0.566. The van der Waals surface area contributed by atoms with Crippen LogP contribution in [0.3, 0.4) is 0 Å². The fourth-order valence-corrected chi connectivity index (χ4v) is 5.72. The van der Waals surface area contributed by atoms with Crippen molar-refractivity contribution >= 4 is 48.9 Å². The molecule has 1 N–H and O–H groups in total. The molecule has 2 aromatic carbocycles. The van der Waals surface area contributed by atoms with Gasteiger partial charge < -0.3 is 14.8 Å². The zero-order valence-electron chi connectivity index (χ0n) is 18.0. The number of morpholine rings is 1. The standard InChI is InChI=1S/C20H24ClN3O7S2/c1-30-19-8-3-15(13-18(19)21)22-20(25)14-24(32(2,26)27)16-4-6-17(7-5-16)33(28,29)23-9-11-31-12-10-23/h3-8,13H,9-12,14H2,1-2H3,(H,22,25). The van der Waals surface area contributed by atoms with Crippen LogP contribution in [-0.2, 0) is 29.6 Å². The van der Waals surface area contributed by atoms with E-state index in [0.29, 0.717) is 24.7 Å². The molecule has 0 aliphatic carbocycles. The number of carbonyl (C=O) groups is 1. The Morgan fingerprint density at radius 1 is 1.12 bits per heavy atom. The van der Waals surface area contributed by atoms with E-state index in [9.17, 15) is 21.6 Å². The number of rotatable bonds is 8. The fourth-order valence-electron chi connectivity index (χ4n) is 3.20. The highest BCUT2D eigenvalue weighted by Crippen LogP contribution is 2.27. The van der Waals surface area contributed by atoms with Crippen LogP contribution in [0.2, 0.25) is 5.02 Å². The molecule has 0 aromatic heterocycles. The van der Waals surface area contributed by atoms with E-state index in [1.165, 1.54) is 41.7 Å². The van der Waals surface area contributed by atoms with Gasteiger partial charge in [-0.05, 0) is 42.5 Å². The van der Waals surface area contributed by atoms with Gasteiger partial charge in [-0.2, -0.15) is 4.31 Å². The Kier molecular flexibility index (Phi) is 7.85. The number of methoxy groups -OCH3 is 1. The minimum atomic E-state index is -3.84. The number of halogens is 1. The highest BCUT2D eigenvalue weighted by Gasteiger charge is 2.27. The van der Waals surface area contributed by atoms with Gasteiger partial charge in [0, 0.05) is 18.8 Å². The molecule has 33 heavy (non-hydrogen) atoms. The third-order valence-electron chi connectivity index (χ3n) is 4.86. The third kappa shape index (κ3) is 6.15. The van der Waals surface area contributed by atoms with Crippen LogP contribution in [0.5, 0.6) is 5.75 Å². The first-order chi connectivity index (χ1) is 15.5. The first-order valence-electron chi connectivity index (χ1n) is 9.81. The molecule has 1 aliphatic heterocycles. The average molecular weight is 518 g/mol. The molecule has 3 rings (SSSR count). The Morgan fingerprint density at radius 2 is 1.76 bits per heavy atom. The molecule has 1 fully saturated rings. The number of amides is 1. The monoisotopic (exact) mass is 517 g/mol. The predicted octanol–water partition coefficient (Wildman–Crippen LogP) is 1.77. The Morgan fingerprint density at radius 3 is 2.30 bits per heavy atom. The molecular formula is C20H24ClN3O7S2. The van der Waals surface area contributed by atoms with E-state index >= 15 is 0 Å². The summed E-state index contributed by atoms with van der Waals surface area (Å²) >= 11 is 6.05. The molecule has 13 heteroatoms. The van der Waals surface area contributed by atoms with Crippen LogP contribution < -0.4 is 14.4 Å². The van der Waals surface area contributed by atoms with E-state index in [2.05, 4.69) is 5.32 Å². The lowest BCUT2D eigenvalue weighted by Crippen LogP contribution is -2.40. The van der Waals surface area contributed by atoms with Crippen molar-refractivity contribution in [1.82, 2.24) is 4.31 Å². The molecule has 1 amide bonds. The molecule has 0 unspecified atom stereocenters. The number of anilines is 2. The summed E-state index contributed by atoms with van der Waals surface area (Å²) in [6.45, 7) is 0.601. The first-order valence-corrected chi connectivity index (χ1v) is 13.5. The predicted molar refractivity (Wildman–Crippen MR) is 125 cm³/mol. The van der Waals surface area contributed by atoms with E-state index in [1.807, 2.05) is 0 Å². The summed E-state index contributed by atoms with van der Waals surface area (Å²) < 4.78 is 62.7. The SMILES string of the molecule is COc1ccc(NC(=O)CN(c2ccc(S(=O)(=O)N3CCOCC3)cc2)S(C)(=O)=O)cc1Cl. The highest BCUT2D eigenvalue weighted by atomic mass is 35.5. The van der Waals surface area contributed by atoms with E-state index in [-0.39, 0.29) is 28.7 Å². The van der Waals surface area contributed by atoms with Crippen molar-refractivity contribution in [3.8, 4) is 5.75 Å². The lowest BCUT2D eigenvalue weighted by Gasteiger charge is -2.26. The van der Waals surface area contributed by atoms with Gasteiger partial charge in [-0.15, -0.1) is 0 Å². The number of ether oxygens (including phenoxy) is 2. The van der Waals surface area contributed by atoms with Crippen LogP contribution in [0.4, 0.5) is 11.4 Å². The second-order valence-corrected chi connectivity index (χ2v) is 11.4. The zero-order valence-corrected chi connectivity index (χ0v) is 20.4. The van der Waals surface area contributed by atoms with Crippen molar-refractivity contribution in [2.45, 2.75) is 4.90 Å². The van der Waals surface area contributed by atoms with E-state index < -0.39 is 32.5 Å². The summed E-state index contributed by atoms with van der Waals surface area (Å²) in [7, 11) is -6.11. The molecule has 10 nitrogen and oxygen atoms in total. The van der Waals surface area contributed by atoms with Crippen LogP contribution in [0.25, 0.3) is 0 Å². The molecule has 1 heterocycles. The normalized spacial score (nSPS) is 15.1.